The van der Waals surface area contributed by atoms with Crippen LogP contribution in [0.15, 0.2) is 78.9 Å². The van der Waals surface area contributed by atoms with E-state index < -0.39 is 28.0 Å². The van der Waals surface area contributed by atoms with Gasteiger partial charge in [0.25, 0.3) is 5.69 Å². The van der Waals surface area contributed by atoms with E-state index in [9.17, 15) is 23.1 Å². The van der Waals surface area contributed by atoms with Crippen LogP contribution in [-0.2, 0) is 37.1 Å². The lowest BCUT2D eigenvalue weighted by Crippen LogP contribution is -2.19. The summed E-state index contributed by atoms with van der Waals surface area (Å²) in [5.41, 5.74) is 1.30. The first-order valence-corrected chi connectivity index (χ1v) is 14.0. The number of nitrogens with one attached hydrogen (secondary N) is 1. The lowest BCUT2D eigenvalue weighted by atomic mass is 10.2. The summed E-state index contributed by atoms with van der Waals surface area (Å²) in [7, 11) is -7.50. The van der Waals surface area contributed by atoms with Crippen LogP contribution < -0.4 is 10.0 Å². The fourth-order valence-electron chi connectivity index (χ4n) is 3.18. The highest BCUT2D eigenvalue weighted by Crippen LogP contribution is 2.49. The molecule has 0 spiro atoms. The molecule has 34 heavy (non-hydrogen) atoms. The molecule has 0 aliphatic rings. The third-order valence-electron chi connectivity index (χ3n) is 4.77. The molecule has 0 saturated heterocycles. The van der Waals surface area contributed by atoms with Crippen molar-refractivity contribution in [2.75, 3.05) is 23.7 Å². The SMILES string of the molecule is CS(=O)(=O)Nc1ccc([N+](=O)[O-])c(P(=O)(CCOCc2ccccc2)OCc2ccccc2)c1. The Morgan fingerprint density at radius 1 is 0.941 bits per heavy atom. The molecule has 0 saturated carbocycles. The van der Waals surface area contributed by atoms with Crippen LogP contribution in [0.5, 0.6) is 0 Å². The van der Waals surface area contributed by atoms with Gasteiger partial charge in [-0.05, 0) is 23.3 Å². The smallest absolute Gasteiger partial charge is 0.282 e. The molecule has 0 aliphatic carbocycles. The topological polar surface area (TPSA) is 125 Å². The molecule has 1 N–H and O–H groups in total. The van der Waals surface area contributed by atoms with Gasteiger partial charge in [-0.1, -0.05) is 60.7 Å². The van der Waals surface area contributed by atoms with Crippen molar-refractivity contribution in [3.05, 3.63) is 100 Å². The molecular weight excluding hydrogens is 479 g/mol. The highest BCUT2D eigenvalue weighted by molar-refractivity contribution is 7.92. The number of nitro groups is 1. The number of hydrogen-bond acceptors (Lipinski definition) is 7. The van der Waals surface area contributed by atoms with E-state index in [0.29, 0.717) is 0 Å². The number of hydrogen-bond donors (Lipinski definition) is 1. The Morgan fingerprint density at radius 3 is 2.09 bits per heavy atom. The third kappa shape index (κ3) is 7.50. The second-order valence-corrected chi connectivity index (χ2v) is 11.8. The molecule has 0 amide bonds. The van der Waals surface area contributed by atoms with Crippen LogP contribution in [0.1, 0.15) is 11.1 Å². The summed E-state index contributed by atoms with van der Waals surface area (Å²) in [4.78, 5) is 11.0. The van der Waals surface area contributed by atoms with E-state index in [4.69, 9.17) is 9.26 Å². The first-order valence-electron chi connectivity index (χ1n) is 10.3. The van der Waals surface area contributed by atoms with E-state index in [1.54, 1.807) is 24.3 Å². The third-order valence-corrected chi connectivity index (χ3v) is 7.78. The number of nitrogens with zero attached hydrogens (tertiary/aromatic N) is 1. The van der Waals surface area contributed by atoms with Crippen molar-refractivity contribution in [1.29, 1.82) is 0 Å². The Labute approximate surface area is 198 Å². The quantitative estimate of drug-likeness (QED) is 0.169. The molecule has 0 aliphatic heterocycles. The number of rotatable bonds is 12. The predicted molar refractivity (Wildman–Crippen MR) is 131 cm³/mol. The van der Waals surface area contributed by atoms with Crippen molar-refractivity contribution in [3.8, 4) is 0 Å². The maximum Gasteiger partial charge on any atom is 0.282 e. The van der Waals surface area contributed by atoms with Crippen LogP contribution in [0.3, 0.4) is 0 Å². The van der Waals surface area contributed by atoms with Crippen LogP contribution in [-0.4, -0.2) is 32.4 Å². The molecule has 0 aromatic heterocycles. The summed E-state index contributed by atoms with van der Waals surface area (Å²) in [6.45, 7) is 0.247. The largest absolute Gasteiger partial charge is 0.376 e. The molecular formula is C23H25N2O7PS. The lowest BCUT2D eigenvalue weighted by Gasteiger charge is -2.20. The molecule has 3 aromatic rings. The van der Waals surface area contributed by atoms with Gasteiger partial charge in [0.2, 0.25) is 17.4 Å². The van der Waals surface area contributed by atoms with E-state index in [2.05, 4.69) is 4.72 Å². The lowest BCUT2D eigenvalue weighted by molar-refractivity contribution is -0.383. The fraction of sp³-hybridized carbons (Fsp3) is 0.217. The Kier molecular flexibility index (Phi) is 8.57. The maximum atomic E-state index is 14.1. The number of sulfonamides is 1. The van der Waals surface area contributed by atoms with Gasteiger partial charge < -0.3 is 9.26 Å². The van der Waals surface area contributed by atoms with Crippen molar-refractivity contribution in [1.82, 2.24) is 0 Å². The van der Waals surface area contributed by atoms with Crippen LogP contribution in [0.25, 0.3) is 0 Å². The number of benzene rings is 3. The van der Waals surface area contributed by atoms with E-state index in [0.717, 1.165) is 23.4 Å². The first-order chi connectivity index (χ1) is 16.2. The highest BCUT2D eigenvalue weighted by atomic mass is 32.2. The normalized spacial score (nSPS) is 13.2. The summed E-state index contributed by atoms with van der Waals surface area (Å²) in [5.74, 6) is 0. The Morgan fingerprint density at radius 2 is 1.53 bits per heavy atom. The Balaban J connectivity index is 1.90. The monoisotopic (exact) mass is 504 g/mol. The van der Waals surface area contributed by atoms with Crippen molar-refractivity contribution in [2.45, 2.75) is 13.2 Å². The first kappa shape index (κ1) is 25.6. The minimum Gasteiger partial charge on any atom is -0.376 e. The van der Waals surface area contributed by atoms with Crippen molar-refractivity contribution in [3.63, 3.8) is 0 Å². The molecule has 1 atom stereocenters. The predicted octanol–water partition coefficient (Wildman–Crippen LogP) is 4.30. The second-order valence-electron chi connectivity index (χ2n) is 7.53. The van der Waals surface area contributed by atoms with Gasteiger partial charge in [0, 0.05) is 11.8 Å². The van der Waals surface area contributed by atoms with Gasteiger partial charge in [-0.15, -0.1) is 0 Å². The van der Waals surface area contributed by atoms with Crippen molar-refractivity contribution in [2.24, 2.45) is 0 Å². The molecule has 3 rings (SSSR count). The van der Waals surface area contributed by atoms with E-state index >= 15 is 0 Å². The van der Waals surface area contributed by atoms with Gasteiger partial charge >= 0.3 is 0 Å². The Hall–Kier alpha value is -3.04. The second kappa shape index (κ2) is 11.4. The average molecular weight is 505 g/mol. The zero-order valence-corrected chi connectivity index (χ0v) is 20.2. The molecule has 1 unspecified atom stereocenters. The van der Waals surface area contributed by atoms with Gasteiger partial charge in [0.15, 0.2) is 0 Å². The summed E-state index contributed by atoms with van der Waals surface area (Å²) in [6.07, 6.45) is 0.826. The van der Waals surface area contributed by atoms with Gasteiger partial charge in [0.1, 0.15) is 5.30 Å². The standard InChI is InChI=1S/C23H25N2O7PS/c1-34(29,30)24-21-12-13-22(25(26)27)23(16-21)33(28,32-18-20-10-6-3-7-11-20)15-14-31-17-19-8-4-2-5-9-19/h2-13,16,24H,14-15,17-18H2,1H3. The van der Waals surface area contributed by atoms with Crippen molar-refractivity contribution < 1.29 is 27.2 Å². The summed E-state index contributed by atoms with van der Waals surface area (Å²) in [5, 5.41) is 11.5. The maximum absolute atomic E-state index is 14.1. The van der Waals surface area contributed by atoms with Gasteiger partial charge in [0.05, 0.1) is 37.2 Å². The molecule has 3 aromatic carbocycles. The van der Waals surface area contributed by atoms with Crippen LogP contribution in [0, 0.1) is 10.1 Å². The molecule has 0 fully saturated rings. The molecule has 9 nitrogen and oxygen atoms in total. The van der Waals surface area contributed by atoms with E-state index in [-0.39, 0.29) is 37.0 Å². The molecule has 0 heterocycles. The summed E-state index contributed by atoms with van der Waals surface area (Å²) >= 11 is 0. The van der Waals surface area contributed by atoms with Gasteiger partial charge in [-0.25, -0.2) is 8.42 Å². The van der Waals surface area contributed by atoms with Crippen LogP contribution in [0.2, 0.25) is 0 Å². The molecule has 180 valence electrons. The minimum atomic E-state index is -3.84. The summed E-state index contributed by atoms with van der Waals surface area (Å²) < 4.78 is 51.2. The highest BCUT2D eigenvalue weighted by Gasteiger charge is 2.34. The number of ether oxygens (including phenoxy) is 1. The van der Waals surface area contributed by atoms with Crippen LogP contribution >= 0.6 is 7.37 Å². The van der Waals surface area contributed by atoms with Gasteiger partial charge in [-0.2, -0.15) is 0 Å². The minimum absolute atomic E-state index is 0.0157. The number of nitro benzene ring substituents is 1. The van der Waals surface area contributed by atoms with Crippen LogP contribution in [0.4, 0.5) is 11.4 Å². The molecule has 0 radical (unpaired) electrons. The zero-order valence-electron chi connectivity index (χ0n) is 18.5. The van der Waals surface area contributed by atoms with Gasteiger partial charge in [-0.3, -0.25) is 19.4 Å². The van der Waals surface area contributed by atoms with Crippen molar-refractivity contribution >= 4 is 34.1 Å². The zero-order chi connectivity index (χ0) is 24.6. The van der Waals surface area contributed by atoms with E-state index in [1.807, 2.05) is 36.4 Å². The number of anilines is 1. The molecule has 0 bridgehead atoms. The molecule has 11 heteroatoms. The Bertz CT molecular complexity index is 1270. The summed E-state index contributed by atoms with van der Waals surface area (Å²) in [6, 6.07) is 21.9. The fourth-order valence-corrected chi connectivity index (χ4v) is 5.82. The van der Waals surface area contributed by atoms with E-state index in [1.165, 1.54) is 12.1 Å². The average Bonchev–Trinajstić information content (AvgIpc) is 2.81.